The lowest BCUT2D eigenvalue weighted by Crippen LogP contribution is -2.37. The molecular formula is C10H24N2S. The Balaban J connectivity index is 2.46. The van der Waals surface area contributed by atoms with Gasteiger partial charge in [-0.3, -0.25) is 4.36 Å². The normalized spacial score (nSPS) is 29.9. The minimum atomic E-state index is -0.360. The van der Waals surface area contributed by atoms with Crippen LogP contribution in [0, 0.1) is 5.92 Å². The Hall–Kier alpha value is 0.110. The molecule has 0 radical (unpaired) electrons. The van der Waals surface area contributed by atoms with E-state index in [2.05, 4.69) is 26.1 Å². The van der Waals surface area contributed by atoms with E-state index in [9.17, 15) is 0 Å². The van der Waals surface area contributed by atoms with Crippen LogP contribution in [-0.2, 0) is 10.7 Å². The highest BCUT2D eigenvalue weighted by Crippen LogP contribution is 2.13. The average molecular weight is 204 g/mol. The van der Waals surface area contributed by atoms with E-state index < -0.39 is 0 Å². The second kappa shape index (κ2) is 5.76. The van der Waals surface area contributed by atoms with Gasteiger partial charge in [-0.05, 0) is 30.4 Å². The van der Waals surface area contributed by atoms with Crippen molar-refractivity contribution in [2.24, 2.45) is 10.3 Å². The van der Waals surface area contributed by atoms with Crippen LogP contribution in [0.5, 0.6) is 0 Å². The van der Waals surface area contributed by atoms with Gasteiger partial charge < -0.3 is 5.32 Å². The highest BCUT2D eigenvalue weighted by molar-refractivity contribution is 7.87. The molecule has 2 atom stereocenters. The zero-order chi connectivity index (χ0) is 9.68. The quantitative estimate of drug-likeness (QED) is 0.736. The zero-order valence-electron chi connectivity index (χ0n) is 9.14. The summed E-state index contributed by atoms with van der Waals surface area (Å²) in [5, 5.41) is 3.46. The van der Waals surface area contributed by atoms with Gasteiger partial charge in [-0.2, -0.15) is 0 Å². The van der Waals surface area contributed by atoms with E-state index in [4.69, 9.17) is 4.36 Å². The first-order chi connectivity index (χ1) is 6.26. The third-order valence-corrected chi connectivity index (χ3v) is 5.09. The summed E-state index contributed by atoms with van der Waals surface area (Å²) in [6.45, 7) is 9.19. The van der Waals surface area contributed by atoms with Crippen LogP contribution < -0.4 is 5.32 Å². The first kappa shape index (κ1) is 11.2. The van der Waals surface area contributed by atoms with Crippen LogP contribution in [0.25, 0.3) is 0 Å². The molecule has 2 nitrogen and oxygen atoms in total. The van der Waals surface area contributed by atoms with Crippen molar-refractivity contribution in [2.75, 3.05) is 24.6 Å². The largest absolute Gasteiger partial charge is 0.314 e. The Labute approximate surface area is 84.6 Å². The summed E-state index contributed by atoms with van der Waals surface area (Å²) >= 11 is 0. The minimum Gasteiger partial charge on any atom is -0.314 e. The van der Waals surface area contributed by atoms with Gasteiger partial charge in [0.05, 0.1) is 6.04 Å². The maximum absolute atomic E-state index is 4.96. The van der Waals surface area contributed by atoms with E-state index in [-0.39, 0.29) is 10.7 Å². The third-order valence-electron chi connectivity index (χ3n) is 2.73. The third kappa shape index (κ3) is 3.77. The van der Waals surface area contributed by atoms with Crippen LogP contribution in [-0.4, -0.2) is 30.6 Å². The van der Waals surface area contributed by atoms with Gasteiger partial charge >= 0.3 is 0 Å². The predicted octanol–water partition coefficient (Wildman–Crippen LogP) is 1.29. The monoisotopic (exact) mass is 204 g/mol. The molecule has 1 saturated heterocycles. The fourth-order valence-electron chi connectivity index (χ4n) is 1.92. The van der Waals surface area contributed by atoms with Crippen LogP contribution in [0.1, 0.15) is 27.2 Å². The van der Waals surface area contributed by atoms with Crippen molar-refractivity contribution in [3.05, 3.63) is 0 Å². The molecule has 0 spiro atoms. The van der Waals surface area contributed by atoms with E-state index in [1.54, 1.807) is 0 Å². The lowest BCUT2D eigenvalue weighted by molar-refractivity contribution is 0.367. The van der Waals surface area contributed by atoms with Crippen molar-refractivity contribution in [1.29, 1.82) is 0 Å². The van der Waals surface area contributed by atoms with Crippen LogP contribution >= 0.6 is 0 Å². The van der Waals surface area contributed by atoms with Crippen molar-refractivity contribution >= 4 is 10.7 Å². The Morgan fingerprint density at radius 1 is 1.31 bits per heavy atom. The van der Waals surface area contributed by atoms with Crippen LogP contribution in [0.15, 0.2) is 4.36 Å². The lowest BCUT2D eigenvalue weighted by atomic mass is 9.99. The van der Waals surface area contributed by atoms with Gasteiger partial charge in [0.1, 0.15) is 0 Å². The van der Waals surface area contributed by atoms with Gasteiger partial charge in [-0.25, -0.2) is 10.7 Å². The molecule has 2 unspecified atom stereocenters. The second-order valence-corrected chi connectivity index (χ2v) is 6.86. The maximum atomic E-state index is 4.96. The summed E-state index contributed by atoms with van der Waals surface area (Å²) < 4.78 is 4.96. The molecule has 13 heavy (non-hydrogen) atoms. The number of nitrogens with one attached hydrogen (secondary N) is 1. The van der Waals surface area contributed by atoms with Gasteiger partial charge in [0.25, 0.3) is 0 Å². The van der Waals surface area contributed by atoms with Crippen molar-refractivity contribution in [3.8, 4) is 0 Å². The van der Waals surface area contributed by atoms with Crippen molar-refractivity contribution in [2.45, 2.75) is 33.2 Å². The summed E-state index contributed by atoms with van der Waals surface area (Å²) in [5.74, 6) is 3.41. The Morgan fingerprint density at radius 2 is 2.00 bits per heavy atom. The average Bonchev–Trinajstić information content (AvgIpc) is 2.14. The first-order valence-electron chi connectivity index (χ1n) is 5.52. The van der Waals surface area contributed by atoms with Gasteiger partial charge in [0, 0.05) is 6.54 Å². The first-order valence-corrected chi connectivity index (χ1v) is 7.38. The number of hydrogen-bond donors (Lipinski definition) is 1. The lowest BCUT2D eigenvalue weighted by Gasteiger charge is -2.26. The predicted molar refractivity (Wildman–Crippen MR) is 64.1 cm³/mol. The summed E-state index contributed by atoms with van der Waals surface area (Å²) in [5.41, 5.74) is 0. The Morgan fingerprint density at radius 3 is 2.54 bits per heavy atom. The molecule has 1 rings (SSSR count). The highest BCUT2D eigenvalue weighted by Gasteiger charge is 2.16. The van der Waals surface area contributed by atoms with E-state index >= 15 is 0 Å². The highest BCUT2D eigenvalue weighted by atomic mass is 32.2. The van der Waals surface area contributed by atoms with E-state index in [1.165, 1.54) is 24.5 Å². The molecule has 1 heterocycles. The zero-order valence-corrected chi connectivity index (χ0v) is 10.1. The smallest absolute Gasteiger partial charge is 0.0673 e. The van der Waals surface area contributed by atoms with E-state index in [1.807, 2.05) is 0 Å². The van der Waals surface area contributed by atoms with E-state index in [0.717, 1.165) is 12.5 Å². The molecule has 0 aromatic heterocycles. The molecule has 0 aliphatic carbocycles. The molecule has 0 aromatic carbocycles. The molecule has 1 aliphatic heterocycles. The SMILES string of the molecule is CC[SH2](CC)=NC1CNCC(C)C1. The summed E-state index contributed by atoms with van der Waals surface area (Å²) in [6.07, 6.45) is 1.31. The van der Waals surface area contributed by atoms with Gasteiger partial charge in [-0.15, -0.1) is 0 Å². The molecule has 0 bridgehead atoms. The summed E-state index contributed by atoms with van der Waals surface area (Å²) in [6, 6.07) is 0.623. The van der Waals surface area contributed by atoms with Crippen molar-refractivity contribution < 1.29 is 0 Å². The molecule has 1 N–H and O–H groups in total. The molecule has 3 heteroatoms. The topological polar surface area (TPSA) is 24.4 Å². The molecule has 80 valence electrons. The van der Waals surface area contributed by atoms with Crippen molar-refractivity contribution in [3.63, 3.8) is 0 Å². The molecular weight excluding hydrogens is 180 g/mol. The molecule has 0 saturated carbocycles. The fraction of sp³-hybridized carbons (Fsp3) is 1.00. The molecule has 1 aliphatic rings. The van der Waals surface area contributed by atoms with Crippen LogP contribution in [0.3, 0.4) is 0 Å². The van der Waals surface area contributed by atoms with Crippen molar-refractivity contribution in [1.82, 2.24) is 5.32 Å². The number of hydrogen-bond acceptors (Lipinski definition) is 2. The van der Waals surface area contributed by atoms with Crippen LogP contribution in [0.2, 0.25) is 0 Å². The van der Waals surface area contributed by atoms with Gasteiger partial charge in [-0.1, -0.05) is 20.8 Å². The Kier molecular flexibility index (Phi) is 4.96. The minimum absolute atomic E-state index is 0.360. The number of nitrogens with zero attached hydrogens (tertiary/aromatic N) is 1. The summed E-state index contributed by atoms with van der Waals surface area (Å²) in [7, 11) is -0.360. The van der Waals surface area contributed by atoms with Crippen LogP contribution in [0.4, 0.5) is 0 Å². The van der Waals surface area contributed by atoms with Gasteiger partial charge in [0.2, 0.25) is 0 Å². The molecule has 0 aromatic rings. The Bertz CT molecular complexity index is 174. The second-order valence-electron chi connectivity index (χ2n) is 4.06. The fourth-order valence-corrected chi connectivity index (χ4v) is 3.49. The number of rotatable bonds is 3. The number of piperidine rings is 1. The standard InChI is InChI=1S/C10H24N2S/c1-4-13(5-2)12-10-6-9(3)7-11-8-10/h9-11H,4-8,13H2,1-3H3. The van der Waals surface area contributed by atoms with E-state index in [0.29, 0.717) is 6.04 Å². The molecule has 1 fully saturated rings. The van der Waals surface area contributed by atoms with Gasteiger partial charge in [0.15, 0.2) is 0 Å². The summed E-state index contributed by atoms with van der Waals surface area (Å²) in [4.78, 5) is 0. The maximum Gasteiger partial charge on any atom is 0.0673 e. The molecule has 0 amide bonds.